The predicted octanol–water partition coefficient (Wildman–Crippen LogP) is 2.26. The maximum Gasteiger partial charge on any atom is 0.226 e. The molecule has 0 saturated heterocycles. The third kappa shape index (κ3) is 13.6. The summed E-state index contributed by atoms with van der Waals surface area (Å²) >= 11 is 0. The Morgan fingerprint density at radius 3 is 1.00 bits per heavy atom. The first-order valence-electron chi connectivity index (χ1n) is 10.9. The summed E-state index contributed by atoms with van der Waals surface area (Å²) in [6.07, 6.45) is 3.03. The number of hydrogen-bond acceptors (Lipinski definition) is 12. The van der Waals surface area contributed by atoms with E-state index in [2.05, 4.69) is 0 Å². The van der Waals surface area contributed by atoms with Crippen molar-refractivity contribution in [3.8, 4) is 17.2 Å². The zero-order valence-electron chi connectivity index (χ0n) is 20.8. The molecule has 0 unspecified atom stereocenters. The van der Waals surface area contributed by atoms with E-state index in [1.165, 1.54) is 18.2 Å². The minimum atomic E-state index is -0.448. The molecular weight excluding hydrogens is 550 g/mol. The van der Waals surface area contributed by atoms with Crippen molar-refractivity contribution in [1.82, 2.24) is 0 Å². The Morgan fingerprint density at radius 2 is 0.811 bits per heavy atom. The van der Waals surface area contributed by atoms with Crippen molar-refractivity contribution < 1.29 is 42.8 Å². The van der Waals surface area contributed by atoms with Crippen LogP contribution in [0.25, 0.3) is 0 Å². The monoisotopic (exact) mass is 579 g/mol. The molecule has 3 rings (SSSR count). The summed E-state index contributed by atoms with van der Waals surface area (Å²) in [7, 11) is 0. The minimum absolute atomic E-state index is 0. The average Bonchev–Trinajstić information content (AvgIpc) is 2.87. The third-order valence-electron chi connectivity index (χ3n) is 3.94. The van der Waals surface area contributed by atoms with Crippen molar-refractivity contribution >= 4 is 19.8 Å². The second-order valence-electron chi connectivity index (χ2n) is 6.70. The molecular formula is C24H30GaO12. The van der Waals surface area contributed by atoms with Gasteiger partial charge in [-0.05, 0) is 20.8 Å². The van der Waals surface area contributed by atoms with Gasteiger partial charge in [-0.15, -0.1) is 0 Å². The molecule has 0 bridgehead atoms. The molecule has 13 heteroatoms. The Kier molecular flexibility index (Phi) is 17.3. The summed E-state index contributed by atoms with van der Waals surface area (Å²) in [5, 5.41) is 26.5. The summed E-state index contributed by atoms with van der Waals surface area (Å²) in [4.78, 5) is 32.5. The minimum Gasteiger partial charge on any atom is -0.502 e. The number of ether oxygens (including phenoxy) is 3. The molecule has 0 aliphatic heterocycles. The van der Waals surface area contributed by atoms with Crippen molar-refractivity contribution in [1.29, 1.82) is 0 Å². The molecule has 3 N–H and O–H groups in total. The van der Waals surface area contributed by atoms with E-state index >= 15 is 0 Å². The summed E-state index contributed by atoms with van der Waals surface area (Å²) in [5.41, 5.74) is -1.34. The standard InChI is InChI=1S/3C8H10O4.Ga/c3*1-2-11-4-6-3-7(9)8(10)5-12-6;/h3*3,5,10H,2,4H2,1H3;. The molecule has 201 valence electrons. The molecule has 3 radical (unpaired) electrons. The van der Waals surface area contributed by atoms with Crippen molar-refractivity contribution in [3.63, 3.8) is 0 Å². The SMILES string of the molecule is CCOCc1cc(=O)c(O)co1.CCOCc1cc(=O)c(O)co1.CCOCc1cc(=O)c(O)co1.[Ga]. The van der Waals surface area contributed by atoms with Crippen LogP contribution in [0.15, 0.2) is 64.6 Å². The fourth-order valence-corrected chi connectivity index (χ4v) is 2.17. The van der Waals surface area contributed by atoms with E-state index in [9.17, 15) is 14.4 Å². The molecule has 0 amide bonds. The zero-order chi connectivity index (χ0) is 26.9. The second kappa shape index (κ2) is 19.0. The van der Waals surface area contributed by atoms with E-state index < -0.39 is 16.3 Å². The molecule has 0 aliphatic carbocycles. The Bertz CT molecular complexity index is 1060. The van der Waals surface area contributed by atoms with Gasteiger partial charge >= 0.3 is 0 Å². The predicted molar refractivity (Wildman–Crippen MR) is 132 cm³/mol. The Hall–Kier alpha value is -3.23. The molecule has 3 aromatic rings. The van der Waals surface area contributed by atoms with E-state index in [1.807, 2.05) is 20.8 Å². The molecule has 37 heavy (non-hydrogen) atoms. The summed E-state index contributed by atoms with van der Waals surface area (Å²) in [6.45, 7) is 7.99. The van der Waals surface area contributed by atoms with E-state index in [0.29, 0.717) is 37.1 Å². The Morgan fingerprint density at radius 1 is 0.568 bits per heavy atom. The quantitative estimate of drug-likeness (QED) is 0.315. The van der Waals surface area contributed by atoms with Gasteiger partial charge in [-0.25, -0.2) is 0 Å². The van der Waals surface area contributed by atoms with Gasteiger partial charge in [-0.3, -0.25) is 14.4 Å². The van der Waals surface area contributed by atoms with Crippen LogP contribution in [0.5, 0.6) is 17.2 Å². The zero-order valence-corrected chi connectivity index (χ0v) is 23.2. The van der Waals surface area contributed by atoms with Gasteiger partial charge in [-0.1, -0.05) is 0 Å². The summed E-state index contributed by atoms with van der Waals surface area (Å²) < 4.78 is 29.6. The molecule has 3 heterocycles. The van der Waals surface area contributed by atoms with Gasteiger partial charge in [-0.2, -0.15) is 0 Å². The second-order valence-corrected chi connectivity index (χ2v) is 6.70. The van der Waals surface area contributed by atoms with Crippen LogP contribution in [-0.2, 0) is 34.0 Å². The van der Waals surface area contributed by atoms with Gasteiger partial charge in [0.1, 0.15) is 55.9 Å². The van der Waals surface area contributed by atoms with Crippen LogP contribution >= 0.6 is 0 Å². The maximum absolute atomic E-state index is 10.8. The first-order valence-corrected chi connectivity index (χ1v) is 10.9. The molecule has 3 aromatic heterocycles. The number of rotatable bonds is 9. The van der Waals surface area contributed by atoms with Crippen LogP contribution in [-0.4, -0.2) is 54.9 Å². The molecule has 0 aliphatic rings. The van der Waals surface area contributed by atoms with Gasteiger partial charge in [0, 0.05) is 57.8 Å². The largest absolute Gasteiger partial charge is 0.502 e. The van der Waals surface area contributed by atoms with Gasteiger partial charge in [0.2, 0.25) is 16.3 Å². The van der Waals surface area contributed by atoms with Gasteiger partial charge in [0.05, 0.1) is 0 Å². The van der Waals surface area contributed by atoms with Crippen molar-refractivity contribution in [2.24, 2.45) is 0 Å². The van der Waals surface area contributed by atoms with Crippen LogP contribution in [0.4, 0.5) is 0 Å². The average molecular weight is 580 g/mol. The molecule has 0 aromatic carbocycles. The van der Waals surface area contributed by atoms with E-state index in [-0.39, 0.29) is 56.9 Å². The van der Waals surface area contributed by atoms with Crippen LogP contribution in [0.3, 0.4) is 0 Å². The van der Waals surface area contributed by atoms with Crippen molar-refractivity contribution in [2.45, 2.75) is 40.6 Å². The first-order chi connectivity index (χ1) is 17.2. The third-order valence-corrected chi connectivity index (χ3v) is 3.94. The van der Waals surface area contributed by atoms with Crippen molar-refractivity contribution in [2.75, 3.05) is 19.8 Å². The van der Waals surface area contributed by atoms with Gasteiger partial charge < -0.3 is 42.8 Å². The summed E-state index contributed by atoms with van der Waals surface area (Å²) in [5.74, 6) is 0.111. The van der Waals surface area contributed by atoms with Crippen LogP contribution in [0.2, 0.25) is 0 Å². The summed E-state index contributed by atoms with van der Waals surface area (Å²) in [6, 6.07) is 3.64. The number of hydrogen-bond donors (Lipinski definition) is 3. The van der Waals surface area contributed by atoms with Gasteiger partial charge in [0.15, 0.2) is 17.2 Å². The van der Waals surface area contributed by atoms with Crippen molar-refractivity contribution in [3.05, 3.63) is 84.9 Å². The van der Waals surface area contributed by atoms with Gasteiger partial charge in [0.25, 0.3) is 0 Å². The molecule has 0 atom stereocenters. The topological polar surface area (TPSA) is 179 Å². The smallest absolute Gasteiger partial charge is 0.226 e. The Labute approximate surface area is 225 Å². The van der Waals surface area contributed by atoms with Crippen LogP contribution in [0.1, 0.15) is 38.1 Å². The Balaban J connectivity index is 0.000000518. The van der Waals surface area contributed by atoms with Crippen LogP contribution in [0, 0.1) is 0 Å². The van der Waals surface area contributed by atoms with Crippen LogP contribution < -0.4 is 16.3 Å². The van der Waals surface area contributed by atoms with E-state index in [1.54, 1.807) is 0 Å². The van der Waals surface area contributed by atoms with E-state index in [4.69, 9.17) is 42.8 Å². The normalized spacial score (nSPS) is 9.81. The first kappa shape index (κ1) is 33.8. The molecule has 0 saturated carbocycles. The fraction of sp³-hybridized carbons (Fsp3) is 0.375. The maximum atomic E-state index is 10.8. The molecule has 0 fully saturated rings. The van der Waals surface area contributed by atoms with E-state index in [0.717, 1.165) is 18.8 Å². The molecule has 12 nitrogen and oxygen atoms in total. The molecule has 0 spiro atoms. The number of aromatic hydroxyl groups is 3. The fourth-order valence-electron chi connectivity index (χ4n) is 2.17.